The number of carbonyl (C=O) groups excluding carboxylic acids is 3. The highest BCUT2D eigenvalue weighted by Crippen LogP contribution is 2.31. The maximum absolute atomic E-state index is 12.9. The molecule has 1 N–H and O–H groups in total. The van der Waals surface area contributed by atoms with Crippen LogP contribution < -0.4 is 15.0 Å². The summed E-state index contributed by atoms with van der Waals surface area (Å²) in [5.41, 5.74) is 2.03. The lowest BCUT2D eigenvalue weighted by Crippen LogP contribution is -2.47. The van der Waals surface area contributed by atoms with Crippen LogP contribution in [0.15, 0.2) is 48.0 Å². The smallest absolute Gasteiger partial charge is 0.338 e. The average Bonchev–Trinajstić information content (AvgIpc) is 2.71. The number of anilines is 2. The van der Waals surface area contributed by atoms with Crippen LogP contribution in [0.5, 0.6) is 5.75 Å². The monoisotopic (exact) mass is 412 g/mol. The Labute approximate surface area is 171 Å². The Balaban J connectivity index is 1.50. The molecule has 1 unspecified atom stereocenters. The number of benzene rings is 2. The highest BCUT2D eigenvalue weighted by atomic mass is 35.5. The molecule has 7 nitrogen and oxygen atoms in total. The molecule has 0 spiro atoms. The van der Waals surface area contributed by atoms with Gasteiger partial charge in [-0.3, -0.25) is 14.5 Å². The lowest BCUT2D eigenvalue weighted by molar-refractivity contribution is -0.150. The number of fused-ring (bicyclic) bond motifs is 2. The van der Waals surface area contributed by atoms with E-state index < -0.39 is 18.0 Å². The van der Waals surface area contributed by atoms with Crippen LogP contribution in [-0.2, 0) is 19.1 Å². The number of para-hydroxylation sites is 2. The SMILES string of the molecule is CC(OC(=O)C1=Cc2cc(Cl)ccc2OC1)C(=O)N1CC(=O)Nc2ccccc21. The molecule has 2 aliphatic rings. The fraction of sp³-hybridized carbons (Fsp3) is 0.190. The van der Waals surface area contributed by atoms with Gasteiger partial charge in [0.25, 0.3) is 5.91 Å². The summed E-state index contributed by atoms with van der Waals surface area (Å²) in [5, 5.41) is 3.23. The van der Waals surface area contributed by atoms with E-state index in [2.05, 4.69) is 5.32 Å². The Morgan fingerprint density at radius 1 is 1.24 bits per heavy atom. The van der Waals surface area contributed by atoms with E-state index in [-0.39, 0.29) is 24.6 Å². The molecule has 0 saturated carbocycles. The van der Waals surface area contributed by atoms with E-state index in [9.17, 15) is 14.4 Å². The lowest BCUT2D eigenvalue weighted by atomic mass is 10.1. The van der Waals surface area contributed by atoms with E-state index in [1.807, 2.05) is 0 Å². The molecule has 0 aromatic heterocycles. The van der Waals surface area contributed by atoms with Gasteiger partial charge in [-0.2, -0.15) is 0 Å². The third-order valence-corrected chi connectivity index (χ3v) is 4.85. The Kier molecular flexibility index (Phi) is 4.98. The summed E-state index contributed by atoms with van der Waals surface area (Å²) >= 11 is 5.99. The minimum Gasteiger partial charge on any atom is -0.488 e. The number of nitrogens with zero attached hydrogens (tertiary/aromatic N) is 1. The maximum atomic E-state index is 12.9. The van der Waals surface area contributed by atoms with E-state index in [0.29, 0.717) is 27.7 Å². The van der Waals surface area contributed by atoms with Gasteiger partial charge in [-0.1, -0.05) is 23.7 Å². The molecule has 2 aliphatic heterocycles. The molecule has 29 heavy (non-hydrogen) atoms. The number of ether oxygens (including phenoxy) is 2. The van der Waals surface area contributed by atoms with Crippen molar-refractivity contribution in [1.82, 2.24) is 0 Å². The highest BCUT2D eigenvalue weighted by Gasteiger charge is 2.32. The van der Waals surface area contributed by atoms with Crippen molar-refractivity contribution in [3.63, 3.8) is 0 Å². The van der Waals surface area contributed by atoms with Crippen LogP contribution >= 0.6 is 11.6 Å². The molecule has 2 aromatic carbocycles. The minimum atomic E-state index is -1.08. The summed E-state index contributed by atoms with van der Waals surface area (Å²) in [6.45, 7) is 1.36. The Morgan fingerprint density at radius 2 is 2.03 bits per heavy atom. The van der Waals surface area contributed by atoms with Gasteiger partial charge in [-0.25, -0.2) is 4.79 Å². The molecule has 1 atom stereocenters. The summed E-state index contributed by atoms with van der Waals surface area (Å²) in [7, 11) is 0. The summed E-state index contributed by atoms with van der Waals surface area (Å²) in [4.78, 5) is 38.7. The van der Waals surface area contributed by atoms with E-state index in [4.69, 9.17) is 21.1 Å². The van der Waals surface area contributed by atoms with Crippen molar-refractivity contribution in [2.24, 2.45) is 0 Å². The predicted molar refractivity (Wildman–Crippen MR) is 108 cm³/mol. The summed E-state index contributed by atoms with van der Waals surface area (Å²) in [6.07, 6.45) is 0.552. The highest BCUT2D eigenvalue weighted by molar-refractivity contribution is 6.30. The summed E-state index contributed by atoms with van der Waals surface area (Å²) < 4.78 is 10.9. The van der Waals surface area contributed by atoms with E-state index >= 15 is 0 Å². The van der Waals surface area contributed by atoms with Gasteiger partial charge in [-0.15, -0.1) is 0 Å². The minimum absolute atomic E-state index is 0.0311. The fourth-order valence-electron chi connectivity index (χ4n) is 3.20. The number of nitrogens with one attached hydrogen (secondary N) is 1. The molecule has 4 rings (SSSR count). The van der Waals surface area contributed by atoms with Crippen LogP contribution in [0.4, 0.5) is 11.4 Å². The third-order valence-electron chi connectivity index (χ3n) is 4.62. The molecule has 8 heteroatoms. The van der Waals surface area contributed by atoms with Crippen LogP contribution in [0.1, 0.15) is 12.5 Å². The lowest BCUT2D eigenvalue weighted by Gasteiger charge is -2.31. The Morgan fingerprint density at radius 3 is 2.86 bits per heavy atom. The van der Waals surface area contributed by atoms with Gasteiger partial charge >= 0.3 is 5.97 Å². The molecule has 2 heterocycles. The second-order valence-electron chi connectivity index (χ2n) is 6.68. The van der Waals surface area contributed by atoms with Crippen molar-refractivity contribution in [2.45, 2.75) is 13.0 Å². The first-order valence-electron chi connectivity index (χ1n) is 8.96. The second-order valence-corrected chi connectivity index (χ2v) is 7.11. The predicted octanol–water partition coefficient (Wildman–Crippen LogP) is 3.03. The molecule has 0 radical (unpaired) electrons. The number of halogens is 1. The van der Waals surface area contributed by atoms with Crippen molar-refractivity contribution >= 4 is 46.8 Å². The van der Waals surface area contributed by atoms with Gasteiger partial charge in [0.15, 0.2) is 6.10 Å². The quantitative estimate of drug-likeness (QED) is 0.783. The molecular weight excluding hydrogens is 396 g/mol. The van der Waals surface area contributed by atoms with Gasteiger partial charge < -0.3 is 14.8 Å². The van der Waals surface area contributed by atoms with Gasteiger partial charge in [0, 0.05) is 10.6 Å². The summed E-state index contributed by atoms with van der Waals surface area (Å²) in [6, 6.07) is 12.1. The molecule has 0 bridgehead atoms. The van der Waals surface area contributed by atoms with Gasteiger partial charge in [0.05, 0.1) is 16.9 Å². The maximum Gasteiger partial charge on any atom is 0.338 e. The van der Waals surface area contributed by atoms with Gasteiger partial charge in [0.1, 0.15) is 18.9 Å². The van der Waals surface area contributed by atoms with Gasteiger partial charge in [-0.05, 0) is 43.3 Å². The van der Waals surface area contributed by atoms with Crippen LogP contribution in [0.3, 0.4) is 0 Å². The van der Waals surface area contributed by atoms with Crippen molar-refractivity contribution in [3.8, 4) is 5.75 Å². The van der Waals surface area contributed by atoms with Crippen molar-refractivity contribution in [2.75, 3.05) is 23.4 Å². The standard InChI is InChI=1S/C21H17ClN2O5/c1-12(20(26)24-10-19(25)23-16-4-2-3-5-17(16)24)29-21(27)14-8-13-9-15(22)6-7-18(13)28-11-14/h2-9,12H,10-11H2,1H3,(H,23,25). The van der Waals surface area contributed by atoms with Crippen molar-refractivity contribution in [1.29, 1.82) is 0 Å². The molecule has 148 valence electrons. The first-order valence-corrected chi connectivity index (χ1v) is 9.34. The van der Waals surface area contributed by atoms with Gasteiger partial charge in [0.2, 0.25) is 5.91 Å². The molecular formula is C21H17ClN2O5. The topological polar surface area (TPSA) is 84.9 Å². The molecule has 2 aromatic rings. The number of esters is 1. The number of hydrogen-bond donors (Lipinski definition) is 1. The molecule has 0 fully saturated rings. The fourth-order valence-corrected chi connectivity index (χ4v) is 3.38. The summed E-state index contributed by atoms with van der Waals surface area (Å²) in [5.74, 6) is -0.842. The van der Waals surface area contributed by atoms with E-state index in [1.165, 1.54) is 11.8 Å². The van der Waals surface area contributed by atoms with Crippen LogP contribution in [0.25, 0.3) is 6.08 Å². The number of carbonyl (C=O) groups is 3. The zero-order chi connectivity index (χ0) is 20.5. The first kappa shape index (κ1) is 19.0. The average molecular weight is 413 g/mol. The number of amides is 2. The largest absolute Gasteiger partial charge is 0.488 e. The van der Waals surface area contributed by atoms with Crippen molar-refractivity contribution < 1.29 is 23.9 Å². The van der Waals surface area contributed by atoms with Crippen molar-refractivity contribution in [3.05, 3.63) is 58.6 Å². The second kappa shape index (κ2) is 7.60. The third kappa shape index (κ3) is 3.82. The zero-order valence-corrected chi connectivity index (χ0v) is 16.2. The zero-order valence-electron chi connectivity index (χ0n) is 15.5. The molecule has 0 aliphatic carbocycles. The number of rotatable bonds is 3. The van der Waals surface area contributed by atoms with Crippen LogP contribution in [0.2, 0.25) is 5.02 Å². The number of hydrogen-bond acceptors (Lipinski definition) is 5. The Hall–Kier alpha value is -3.32. The van der Waals surface area contributed by atoms with E-state index in [1.54, 1.807) is 48.5 Å². The first-order chi connectivity index (χ1) is 13.9. The molecule has 2 amide bonds. The normalized spacial score (nSPS) is 15.9. The van der Waals surface area contributed by atoms with Crippen LogP contribution in [-0.4, -0.2) is 37.0 Å². The van der Waals surface area contributed by atoms with Crippen LogP contribution in [0, 0.1) is 0 Å². The Bertz CT molecular complexity index is 1050. The van der Waals surface area contributed by atoms with E-state index in [0.717, 1.165) is 0 Å². The molecule has 0 saturated heterocycles.